The number of nitriles is 1. The summed E-state index contributed by atoms with van der Waals surface area (Å²) in [6, 6.07) is 17.4. The van der Waals surface area contributed by atoms with E-state index in [4.69, 9.17) is 20.8 Å². The fourth-order valence-corrected chi connectivity index (χ4v) is 4.20. The van der Waals surface area contributed by atoms with Crippen LogP contribution >= 0.6 is 0 Å². The van der Waals surface area contributed by atoms with E-state index in [0.717, 1.165) is 42.9 Å². The molecule has 0 radical (unpaired) electrons. The Labute approximate surface area is 181 Å². The lowest BCUT2D eigenvalue weighted by Gasteiger charge is -2.32. The minimum Gasteiger partial charge on any atom is -0.496 e. The van der Waals surface area contributed by atoms with Crippen LogP contribution in [0.25, 0.3) is 5.69 Å². The van der Waals surface area contributed by atoms with Gasteiger partial charge in [-0.05, 0) is 43.7 Å². The molecule has 158 valence electrons. The largest absolute Gasteiger partial charge is 0.496 e. The first kappa shape index (κ1) is 20.6. The second-order valence-corrected chi connectivity index (χ2v) is 7.79. The van der Waals surface area contributed by atoms with Crippen molar-refractivity contribution in [3.8, 4) is 17.5 Å². The first-order valence-electron chi connectivity index (χ1n) is 10.3. The van der Waals surface area contributed by atoms with Crippen molar-refractivity contribution in [2.75, 3.05) is 20.2 Å². The molecule has 1 saturated heterocycles. The first-order chi connectivity index (χ1) is 15.1. The van der Waals surface area contributed by atoms with E-state index in [9.17, 15) is 4.79 Å². The summed E-state index contributed by atoms with van der Waals surface area (Å²) in [5, 5.41) is 13.9. The smallest absolute Gasteiger partial charge is 0.252 e. The van der Waals surface area contributed by atoms with Crippen molar-refractivity contribution < 1.29 is 9.53 Å². The number of nitrogens with two attached hydrogens (primary N) is 1. The highest BCUT2D eigenvalue weighted by atomic mass is 16.5. The molecule has 31 heavy (non-hydrogen) atoms. The molecule has 1 amide bonds. The highest BCUT2D eigenvalue weighted by molar-refractivity contribution is 5.94. The molecule has 7 heteroatoms. The maximum absolute atomic E-state index is 12.1. The Hall–Kier alpha value is -3.63. The number of nitrogens with zero attached hydrogens (tertiary/aromatic N) is 4. The van der Waals surface area contributed by atoms with Gasteiger partial charge in [-0.25, -0.2) is 4.68 Å². The zero-order valence-corrected chi connectivity index (χ0v) is 17.5. The van der Waals surface area contributed by atoms with Crippen LogP contribution in [0.2, 0.25) is 0 Å². The predicted octanol–water partition coefficient (Wildman–Crippen LogP) is 3.23. The summed E-state index contributed by atoms with van der Waals surface area (Å²) < 4.78 is 7.22. The summed E-state index contributed by atoms with van der Waals surface area (Å²) in [6.07, 6.45) is 3.68. The van der Waals surface area contributed by atoms with Gasteiger partial charge in [0.1, 0.15) is 5.75 Å². The Morgan fingerprint density at radius 3 is 2.81 bits per heavy atom. The average molecular weight is 415 g/mol. The maximum atomic E-state index is 12.1. The van der Waals surface area contributed by atoms with Crippen LogP contribution in [0.15, 0.2) is 54.7 Å². The number of aromatic nitrogens is 2. The number of benzene rings is 2. The number of carbonyl (C=O) groups is 1. The topological polar surface area (TPSA) is 97.2 Å². The van der Waals surface area contributed by atoms with E-state index in [1.54, 1.807) is 24.1 Å². The van der Waals surface area contributed by atoms with E-state index in [1.165, 1.54) is 0 Å². The number of methoxy groups -OCH3 is 1. The highest BCUT2D eigenvalue weighted by Crippen LogP contribution is 2.31. The SMILES string of the molecule is COc1cc(C#N)ccc1CN1CCC[C@H](c2nn(-c3ccccc3)cc2C(N)=O)C1. The van der Waals surface area contributed by atoms with Crippen molar-refractivity contribution in [2.24, 2.45) is 5.73 Å². The summed E-state index contributed by atoms with van der Waals surface area (Å²) in [5.41, 5.74) is 9.43. The molecule has 1 atom stereocenters. The van der Waals surface area contributed by atoms with Gasteiger partial charge in [0.2, 0.25) is 0 Å². The number of amides is 1. The number of piperidine rings is 1. The Balaban J connectivity index is 1.57. The molecule has 1 aliphatic heterocycles. The zero-order chi connectivity index (χ0) is 21.8. The minimum atomic E-state index is -0.455. The predicted molar refractivity (Wildman–Crippen MR) is 117 cm³/mol. The van der Waals surface area contributed by atoms with E-state index in [2.05, 4.69) is 11.0 Å². The van der Waals surface area contributed by atoms with Gasteiger partial charge >= 0.3 is 0 Å². The highest BCUT2D eigenvalue weighted by Gasteiger charge is 2.28. The number of hydrogen-bond donors (Lipinski definition) is 1. The fraction of sp³-hybridized carbons (Fsp3) is 0.292. The molecule has 0 unspecified atom stereocenters. The molecule has 4 rings (SSSR count). The first-order valence-corrected chi connectivity index (χ1v) is 10.3. The molecule has 0 aliphatic carbocycles. The normalized spacial score (nSPS) is 16.6. The van der Waals surface area contributed by atoms with Crippen LogP contribution in [-0.4, -0.2) is 40.8 Å². The third-order valence-electron chi connectivity index (χ3n) is 5.73. The van der Waals surface area contributed by atoms with Crippen molar-refractivity contribution in [2.45, 2.75) is 25.3 Å². The molecule has 0 bridgehead atoms. The van der Waals surface area contributed by atoms with Gasteiger partial charge in [0.05, 0.1) is 35.7 Å². The summed E-state index contributed by atoms with van der Waals surface area (Å²) in [7, 11) is 1.62. The number of hydrogen-bond acceptors (Lipinski definition) is 5. The van der Waals surface area contributed by atoms with E-state index < -0.39 is 5.91 Å². The lowest BCUT2D eigenvalue weighted by molar-refractivity contribution is 0.0997. The van der Waals surface area contributed by atoms with Gasteiger partial charge in [0.25, 0.3) is 5.91 Å². The molecule has 2 N–H and O–H groups in total. The molecule has 1 fully saturated rings. The zero-order valence-electron chi connectivity index (χ0n) is 17.5. The van der Waals surface area contributed by atoms with Gasteiger partial charge in [-0.15, -0.1) is 0 Å². The molecule has 0 spiro atoms. The molecule has 3 aromatic rings. The van der Waals surface area contributed by atoms with E-state index in [1.807, 2.05) is 42.5 Å². The number of ether oxygens (including phenoxy) is 1. The molecule has 2 heterocycles. The summed E-state index contributed by atoms with van der Waals surface area (Å²) in [6.45, 7) is 2.43. The van der Waals surface area contributed by atoms with Crippen LogP contribution in [-0.2, 0) is 6.54 Å². The number of para-hydroxylation sites is 1. The quantitative estimate of drug-likeness (QED) is 0.667. The standard InChI is InChI=1S/C24H25N5O2/c1-31-22-12-17(13-25)9-10-18(22)14-28-11-5-6-19(15-28)23-21(24(26)30)16-29(27-23)20-7-3-2-4-8-20/h2-4,7-10,12,16,19H,5-6,11,14-15H2,1H3,(H2,26,30)/t19-/m0/s1. The third kappa shape index (κ3) is 4.44. The number of primary amides is 1. The Morgan fingerprint density at radius 2 is 2.10 bits per heavy atom. The maximum Gasteiger partial charge on any atom is 0.252 e. The van der Waals surface area contributed by atoms with Crippen molar-refractivity contribution in [1.82, 2.24) is 14.7 Å². The van der Waals surface area contributed by atoms with Crippen molar-refractivity contribution >= 4 is 5.91 Å². The average Bonchev–Trinajstić information content (AvgIpc) is 3.26. The Bertz CT molecular complexity index is 1120. The van der Waals surface area contributed by atoms with Crippen LogP contribution in [0, 0.1) is 11.3 Å². The molecule has 0 saturated carbocycles. The van der Waals surface area contributed by atoms with E-state index >= 15 is 0 Å². The van der Waals surface area contributed by atoms with Crippen LogP contribution in [0.3, 0.4) is 0 Å². The van der Waals surface area contributed by atoms with E-state index in [-0.39, 0.29) is 5.92 Å². The second-order valence-electron chi connectivity index (χ2n) is 7.79. The van der Waals surface area contributed by atoms with Gasteiger partial charge in [0, 0.05) is 30.8 Å². The fourth-order valence-electron chi connectivity index (χ4n) is 4.20. The van der Waals surface area contributed by atoms with Crippen LogP contribution in [0.1, 0.15) is 45.9 Å². The van der Waals surface area contributed by atoms with Crippen LogP contribution < -0.4 is 10.5 Å². The number of rotatable bonds is 6. The van der Waals surface area contributed by atoms with Crippen molar-refractivity contribution in [3.63, 3.8) is 0 Å². The molecule has 7 nitrogen and oxygen atoms in total. The van der Waals surface area contributed by atoms with Gasteiger partial charge in [-0.2, -0.15) is 10.4 Å². The number of likely N-dealkylation sites (tertiary alicyclic amines) is 1. The Kier molecular flexibility index (Phi) is 6.01. The third-order valence-corrected chi connectivity index (χ3v) is 5.73. The molecule has 2 aromatic carbocycles. The van der Waals surface area contributed by atoms with Crippen molar-refractivity contribution in [3.05, 3.63) is 77.1 Å². The van der Waals surface area contributed by atoms with Gasteiger partial charge in [0.15, 0.2) is 0 Å². The summed E-state index contributed by atoms with van der Waals surface area (Å²) in [4.78, 5) is 14.5. The minimum absolute atomic E-state index is 0.116. The molecular weight excluding hydrogens is 390 g/mol. The van der Waals surface area contributed by atoms with Crippen LogP contribution in [0.5, 0.6) is 5.75 Å². The van der Waals surface area contributed by atoms with Gasteiger partial charge < -0.3 is 10.5 Å². The lowest BCUT2D eigenvalue weighted by atomic mass is 9.92. The Morgan fingerprint density at radius 1 is 1.29 bits per heavy atom. The molecule has 1 aliphatic rings. The van der Waals surface area contributed by atoms with Gasteiger partial charge in [-0.3, -0.25) is 9.69 Å². The van der Waals surface area contributed by atoms with E-state index in [0.29, 0.717) is 23.4 Å². The molecule has 1 aromatic heterocycles. The van der Waals surface area contributed by atoms with Crippen LogP contribution in [0.4, 0.5) is 0 Å². The van der Waals surface area contributed by atoms with Crippen molar-refractivity contribution in [1.29, 1.82) is 5.26 Å². The molecular formula is C24H25N5O2. The monoisotopic (exact) mass is 415 g/mol. The van der Waals surface area contributed by atoms with Gasteiger partial charge in [-0.1, -0.05) is 24.3 Å². The summed E-state index contributed by atoms with van der Waals surface area (Å²) in [5.74, 6) is 0.376. The number of carbonyl (C=O) groups excluding carboxylic acids is 1. The second kappa shape index (κ2) is 9.02. The summed E-state index contributed by atoms with van der Waals surface area (Å²) >= 11 is 0. The lowest BCUT2D eigenvalue weighted by Crippen LogP contribution is -2.34.